The van der Waals surface area contributed by atoms with E-state index in [0.29, 0.717) is 6.61 Å². The van der Waals surface area contributed by atoms with Gasteiger partial charge in [0.15, 0.2) is 5.43 Å². The summed E-state index contributed by atoms with van der Waals surface area (Å²) in [6.07, 6.45) is 3.17. The standard InChI is InChI=1S/C24H23NO4S/c1-24(2,3)21-10-14-13-6-7-29-22(13)16(20-5-4-8-30-20)9-15(14)18-11-19(26)17(23(27)28)12-25(18)21/h4-5,8-9,11-12,21H,6-7,10H2,1-3H3,(H,27,28). The third-order valence-electron chi connectivity index (χ3n) is 6.20. The lowest BCUT2D eigenvalue weighted by molar-refractivity contribution is 0.0693. The zero-order valence-electron chi connectivity index (χ0n) is 17.2. The van der Waals surface area contributed by atoms with Gasteiger partial charge in [-0.3, -0.25) is 4.79 Å². The van der Waals surface area contributed by atoms with E-state index in [9.17, 15) is 14.7 Å². The van der Waals surface area contributed by atoms with Crippen LogP contribution >= 0.6 is 11.3 Å². The number of thiophene rings is 1. The smallest absolute Gasteiger partial charge is 0.341 e. The van der Waals surface area contributed by atoms with Gasteiger partial charge in [-0.2, -0.15) is 0 Å². The second-order valence-corrected chi connectivity index (χ2v) is 10.0. The molecular formula is C24H23NO4S. The summed E-state index contributed by atoms with van der Waals surface area (Å²) < 4.78 is 8.07. The summed E-state index contributed by atoms with van der Waals surface area (Å²) in [5.74, 6) is -0.225. The molecule has 0 amide bonds. The van der Waals surface area contributed by atoms with Crippen molar-refractivity contribution in [1.29, 1.82) is 0 Å². The second kappa shape index (κ2) is 6.57. The summed E-state index contributed by atoms with van der Waals surface area (Å²) in [5, 5.41) is 11.6. The highest BCUT2D eigenvalue weighted by atomic mass is 32.1. The highest BCUT2D eigenvalue weighted by molar-refractivity contribution is 7.13. The Labute approximate surface area is 178 Å². The molecule has 0 saturated carbocycles. The average molecular weight is 422 g/mol. The minimum Gasteiger partial charge on any atom is -0.492 e. The molecule has 1 N–H and O–H groups in total. The predicted octanol–water partition coefficient (Wildman–Crippen LogP) is 5.02. The number of hydrogen-bond donors (Lipinski definition) is 1. The van der Waals surface area contributed by atoms with Gasteiger partial charge in [-0.25, -0.2) is 4.79 Å². The van der Waals surface area contributed by atoms with Gasteiger partial charge in [-0.15, -0.1) is 11.3 Å². The molecule has 30 heavy (non-hydrogen) atoms. The van der Waals surface area contributed by atoms with Crippen LogP contribution in [0.3, 0.4) is 0 Å². The van der Waals surface area contributed by atoms with Crippen molar-refractivity contribution in [2.45, 2.75) is 39.7 Å². The molecule has 1 aromatic carbocycles. The van der Waals surface area contributed by atoms with Crippen LogP contribution in [0.15, 0.2) is 40.6 Å². The molecule has 0 spiro atoms. The number of nitrogens with zero attached hydrogens (tertiary/aromatic N) is 1. The summed E-state index contributed by atoms with van der Waals surface area (Å²) in [6.45, 7) is 7.13. The van der Waals surface area contributed by atoms with Gasteiger partial charge in [-0.05, 0) is 34.9 Å². The minimum absolute atomic E-state index is 0.0380. The van der Waals surface area contributed by atoms with Gasteiger partial charge in [0, 0.05) is 46.3 Å². The maximum Gasteiger partial charge on any atom is 0.341 e. The lowest BCUT2D eigenvalue weighted by Crippen LogP contribution is -2.33. The molecule has 0 fully saturated rings. The average Bonchev–Trinajstić information content (AvgIpc) is 3.37. The van der Waals surface area contributed by atoms with Crippen LogP contribution in [-0.2, 0) is 12.8 Å². The molecule has 5 nitrogen and oxygen atoms in total. The van der Waals surface area contributed by atoms with Gasteiger partial charge < -0.3 is 14.4 Å². The minimum atomic E-state index is -1.18. The number of pyridine rings is 1. The summed E-state index contributed by atoms with van der Waals surface area (Å²) in [4.78, 5) is 25.4. The summed E-state index contributed by atoms with van der Waals surface area (Å²) in [6, 6.07) is 7.76. The predicted molar refractivity (Wildman–Crippen MR) is 118 cm³/mol. The third-order valence-corrected chi connectivity index (χ3v) is 7.10. The molecule has 0 aliphatic carbocycles. The van der Waals surface area contributed by atoms with Crippen LogP contribution in [0.1, 0.15) is 48.3 Å². The molecule has 2 aliphatic rings. The van der Waals surface area contributed by atoms with Gasteiger partial charge in [-0.1, -0.05) is 26.8 Å². The maximum absolute atomic E-state index is 12.6. The Balaban J connectivity index is 1.84. The van der Waals surface area contributed by atoms with Crippen LogP contribution in [0.5, 0.6) is 5.75 Å². The lowest BCUT2D eigenvalue weighted by atomic mass is 9.77. The third kappa shape index (κ3) is 2.82. The van der Waals surface area contributed by atoms with Crippen molar-refractivity contribution in [3.05, 3.63) is 62.8 Å². The number of ether oxygens (including phenoxy) is 1. The van der Waals surface area contributed by atoms with Gasteiger partial charge in [0.2, 0.25) is 0 Å². The SMILES string of the molecule is CC(C)(C)C1Cc2c(cc(-c3cccs3)c3c2CCO3)-c2cc(=O)c(C(=O)O)cn21. The fourth-order valence-corrected chi connectivity index (χ4v) is 5.46. The molecule has 0 bridgehead atoms. The van der Waals surface area contributed by atoms with Crippen molar-refractivity contribution in [3.8, 4) is 27.4 Å². The van der Waals surface area contributed by atoms with Crippen molar-refractivity contribution < 1.29 is 14.6 Å². The summed E-state index contributed by atoms with van der Waals surface area (Å²) in [7, 11) is 0. The van der Waals surface area contributed by atoms with E-state index in [2.05, 4.69) is 32.9 Å². The quantitative estimate of drug-likeness (QED) is 0.631. The Morgan fingerprint density at radius 3 is 2.70 bits per heavy atom. The van der Waals surface area contributed by atoms with Crippen molar-refractivity contribution in [3.63, 3.8) is 0 Å². The van der Waals surface area contributed by atoms with E-state index in [1.54, 1.807) is 11.3 Å². The van der Waals surface area contributed by atoms with E-state index >= 15 is 0 Å². The van der Waals surface area contributed by atoms with Crippen molar-refractivity contribution in [2.75, 3.05) is 6.61 Å². The number of aromatic carboxylic acids is 1. The number of hydrogen-bond acceptors (Lipinski definition) is 4. The summed E-state index contributed by atoms with van der Waals surface area (Å²) >= 11 is 1.66. The Hall–Kier alpha value is -2.86. The van der Waals surface area contributed by atoms with Crippen molar-refractivity contribution >= 4 is 17.3 Å². The molecule has 1 atom stereocenters. The first-order valence-corrected chi connectivity index (χ1v) is 11.0. The molecule has 0 radical (unpaired) electrons. The Kier molecular flexibility index (Phi) is 4.19. The first kappa shape index (κ1) is 19.1. The van der Waals surface area contributed by atoms with Crippen molar-refractivity contribution in [2.24, 2.45) is 5.41 Å². The molecule has 2 aromatic heterocycles. The number of aromatic nitrogens is 1. The highest BCUT2D eigenvalue weighted by Gasteiger charge is 2.37. The zero-order chi connectivity index (χ0) is 21.2. The topological polar surface area (TPSA) is 68.5 Å². The number of carboxylic acids is 1. The Morgan fingerprint density at radius 2 is 2.03 bits per heavy atom. The molecule has 1 unspecified atom stereocenters. The van der Waals surface area contributed by atoms with E-state index in [4.69, 9.17) is 4.74 Å². The van der Waals surface area contributed by atoms with Crippen LogP contribution in [0.2, 0.25) is 0 Å². The van der Waals surface area contributed by atoms with Gasteiger partial charge >= 0.3 is 5.97 Å². The lowest BCUT2D eigenvalue weighted by Gasteiger charge is -2.39. The highest BCUT2D eigenvalue weighted by Crippen LogP contribution is 2.50. The van der Waals surface area contributed by atoms with Crippen LogP contribution in [0.25, 0.3) is 21.7 Å². The number of benzene rings is 1. The van der Waals surface area contributed by atoms with E-state index in [0.717, 1.165) is 40.3 Å². The first-order chi connectivity index (χ1) is 14.3. The monoisotopic (exact) mass is 421 g/mol. The van der Waals surface area contributed by atoms with Crippen LogP contribution in [0, 0.1) is 5.41 Å². The van der Waals surface area contributed by atoms with E-state index in [1.165, 1.54) is 23.4 Å². The Morgan fingerprint density at radius 1 is 1.23 bits per heavy atom. The maximum atomic E-state index is 12.6. The van der Waals surface area contributed by atoms with E-state index < -0.39 is 11.4 Å². The normalized spacial score (nSPS) is 17.1. The molecule has 4 heterocycles. The molecule has 6 heteroatoms. The number of rotatable bonds is 2. The number of fused-ring (bicyclic) bond motifs is 5. The number of carboxylic acid groups (broad SMARTS) is 1. The zero-order valence-corrected chi connectivity index (χ0v) is 18.0. The fraction of sp³-hybridized carbons (Fsp3) is 0.333. The molecule has 0 saturated heterocycles. The van der Waals surface area contributed by atoms with Gasteiger partial charge in [0.1, 0.15) is 11.3 Å². The molecule has 3 aromatic rings. The van der Waals surface area contributed by atoms with Gasteiger partial charge in [0.05, 0.1) is 12.3 Å². The van der Waals surface area contributed by atoms with Gasteiger partial charge in [0.25, 0.3) is 0 Å². The van der Waals surface area contributed by atoms with Crippen LogP contribution < -0.4 is 10.2 Å². The summed E-state index contributed by atoms with van der Waals surface area (Å²) in [5.41, 5.74) is 4.55. The first-order valence-electron chi connectivity index (χ1n) is 10.1. The number of carbonyl (C=O) groups is 1. The van der Waals surface area contributed by atoms with Crippen LogP contribution in [-0.4, -0.2) is 22.2 Å². The molecular weight excluding hydrogens is 398 g/mol. The fourth-order valence-electron chi connectivity index (χ4n) is 4.72. The molecule has 154 valence electrons. The van der Waals surface area contributed by atoms with E-state index in [-0.39, 0.29) is 17.0 Å². The Bertz CT molecular complexity index is 1230. The van der Waals surface area contributed by atoms with E-state index in [1.807, 2.05) is 16.0 Å². The second-order valence-electron chi connectivity index (χ2n) is 9.07. The van der Waals surface area contributed by atoms with Crippen molar-refractivity contribution in [1.82, 2.24) is 4.57 Å². The van der Waals surface area contributed by atoms with Crippen LogP contribution in [0.4, 0.5) is 0 Å². The molecule has 5 rings (SSSR count). The molecule has 2 aliphatic heterocycles. The largest absolute Gasteiger partial charge is 0.492 e.